The summed E-state index contributed by atoms with van der Waals surface area (Å²) < 4.78 is 11.1. The number of thiocarbonyl (C=S) groups is 1. The van der Waals surface area contributed by atoms with Crippen LogP contribution in [0.1, 0.15) is 28.4 Å². The molecule has 0 fully saturated rings. The molecule has 0 atom stereocenters. The van der Waals surface area contributed by atoms with Gasteiger partial charge in [-0.1, -0.05) is 35.3 Å². The lowest BCUT2D eigenvalue weighted by Gasteiger charge is -2.12. The topological polar surface area (TPSA) is 71.9 Å². The molecule has 0 aliphatic carbocycles. The van der Waals surface area contributed by atoms with E-state index in [2.05, 4.69) is 15.8 Å². The van der Waals surface area contributed by atoms with Crippen LogP contribution >= 0.6 is 35.4 Å². The van der Waals surface area contributed by atoms with Crippen LogP contribution in [0.4, 0.5) is 5.69 Å². The molecular weight excluding hydrogens is 481 g/mol. The fourth-order valence-corrected chi connectivity index (χ4v) is 3.47. The molecule has 33 heavy (non-hydrogen) atoms. The van der Waals surface area contributed by atoms with Gasteiger partial charge in [-0.05, 0) is 85.7 Å². The van der Waals surface area contributed by atoms with Gasteiger partial charge < -0.3 is 14.8 Å². The van der Waals surface area contributed by atoms with Gasteiger partial charge in [-0.15, -0.1) is 0 Å². The predicted octanol–water partition coefficient (Wildman–Crippen LogP) is 6.24. The average molecular weight is 502 g/mol. The number of hydrazone groups is 1. The van der Waals surface area contributed by atoms with Crippen LogP contribution in [-0.2, 0) is 0 Å². The number of hydrogen-bond donors (Lipinski definition) is 2. The molecule has 170 valence electrons. The van der Waals surface area contributed by atoms with E-state index in [0.29, 0.717) is 28.1 Å². The molecular formula is C24H21Cl2N3O3S. The van der Waals surface area contributed by atoms with Gasteiger partial charge in [-0.2, -0.15) is 5.10 Å². The van der Waals surface area contributed by atoms with Crippen molar-refractivity contribution in [3.8, 4) is 11.5 Å². The first-order valence-electron chi connectivity index (χ1n) is 9.96. The quantitative estimate of drug-likeness (QED) is 0.131. The number of anilines is 1. The summed E-state index contributed by atoms with van der Waals surface area (Å²) >= 11 is 17.2. The van der Waals surface area contributed by atoms with Crippen molar-refractivity contribution in [1.29, 1.82) is 0 Å². The molecule has 0 aromatic heterocycles. The van der Waals surface area contributed by atoms with Crippen molar-refractivity contribution in [3.05, 3.63) is 87.4 Å². The third kappa shape index (κ3) is 7.18. The van der Waals surface area contributed by atoms with E-state index in [-0.39, 0.29) is 16.3 Å². The van der Waals surface area contributed by atoms with Crippen molar-refractivity contribution < 1.29 is 14.3 Å². The molecule has 3 rings (SSSR count). The zero-order valence-corrected chi connectivity index (χ0v) is 20.2. The van der Waals surface area contributed by atoms with Gasteiger partial charge in [0.25, 0.3) is 0 Å². The highest BCUT2D eigenvalue weighted by atomic mass is 35.5. The Labute approximate surface area is 207 Å². The molecule has 0 bridgehead atoms. The third-order valence-electron chi connectivity index (χ3n) is 4.28. The summed E-state index contributed by atoms with van der Waals surface area (Å²) in [7, 11) is 0. The number of carbonyl (C=O) groups excluding carboxylic acids is 1. The summed E-state index contributed by atoms with van der Waals surface area (Å²) in [6.07, 6.45) is 1.58. The van der Waals surface area contributed by atoms with Gasteiger partial charge in [0.2, 0.25) is 0 Å². The molecule has 0 radical (unpaired) electrons. The number of hydrogen-bond acceptors (Lipinski definition) is 5. The minimum Gasteiger partial charge on any atom is -0.490 e. The van der Waals surface area contributed by atoms with Crippen LogP contribution in [0.25, 0.3) is 0 Å². The lowest BCUT2D eigenvalue weighted by atomic mass is 10.2. The molecule has 6 nitrogen and oxygen atoms in total. The minimum atomic E-state index is -0.617. The number of rotatable bonds is 7. The largest absolute Gasteiger partial charge is 0.490 e. The van der Waals surface area contributed by atoms with E-state index in [1.54, 1.807) is 30.5 Å². The maximum Gasteiger partial charge on any atom is 0.345 e. The molecule has 2 N–H and O–H groups in total. The predicted molar refractivity (Wildman–Crippen MR) is 137 cm³/mol. The van der Waals surface area contributed by atoms with Crippen molar-refractivity contribution in [2.24, 2.45) is 5.10 Å². The maximum absolute atomic E-state index is 12.5. The Balaban J connectivity index is 1.67. The summed E-state index contributed by atoms with van der Waals surface area (Å²) in [5, 5.41) is 8.19. The first-order valence-corrected chi connectivity index (χ1v) is 11.1. The van der Waals surface area contributed by atoms with E-state index >= 15 is 0 Å². The lowest BCUT2D eigenvalue weighted by Crippen LogP contribution is -2.23. The molecule has 9 heteroatoms. The van der Waals surface area contributed by atoms with Crippen LogP contribution in [0.15, 0.2) is 65.8 Å². The lowest BCUT2D eigenvalue weighted by molar-refractivity contribution is 0.0728. The van der Waals surface area contributed by atoms with E-state index < -0.39 is 5.97 Å². The smallest absolute Gasteiger partial charge is 0.345 e. The van der Waals surface area contributed by atoms with Crippen LogP contribution in [0.2, 0.25) is 10.0 Å². The van der Waals surface area contributed by atoms with Gasteiger partial charge >= 0.3 is 5.97 Å². The molecule has 0 heterocycles. The first-order chi connectivity index (χ1) is 15.9. The molecule has 0 amide bonds. The molecule has 0 spiro atoms. The first kappa shape index (κ1) is 24.5. The summed E-state index contributed by atoms with van der Waals surface area (Å²) in [6.45, 7) is 4.22. The number of aryl methyl sites for hydroxylation is 1. The van der Waals surface area contributed by atoms with Gasteiger partial charge in [0.05, 0.1) is 23.4 Å². The Morgan fingerprint density at radius 3 is 2.64 bits per heavy atom. The molecule has 3 aromatic carbocycles. The van der Waals surface area contributed by atoms with E-state index in [1.807, 2.05) is 38.1 Å². The van der Waals surface area contributed by atoms with Gasteiger partial charge in [-0.25, -0.2) is 4.79 Å². The van der Waals surface area contributed by atoms with Crippen LogP contribution in [0, 0.1) is 6.92 Å². The second-order valence-corrected chi connectivity index (χ2v) is 8.10. The minimum absolute atomic E-state index is 0.202. The number of esters is 1. The summed E-state index contributed by atoms with van der Waals surface area (Å²) in [4.78, 5) is 12.5. The summed E-state index contributed by atoms with van der Waals surface area (Å²) in [6, 6.07) is 17.4. The van der Waals surface area contributed by atoms with Crippen LogP contribution in [-0.4, -0.2) is 23.9 Å². The third-order valence-corrected chi connectivity index (χ3v) is 5.02. The van der Waals surface area contributed by atoms with Crippen LogP contribution in [0.5, 0.6) is 11.5 Å². The number of nitrogens with zero attached hydrogens (tertiary/aromatic N) is 1. The fourth-order valence-electron chi connectivity index (χ4n) is 2.81. The molecule has 0 saturated heterocycles. The highest BCUT2D eigenvalue weighted by Crippen LogP contribution is 2.30. The van der Waals surface area contributed by atoms with Crippen molar-refractivity contribution in [2.45, 2.75) is 13.8 Å². The second kappa shape index (κ2) is 11.7. The van der Waals surface area contributed by atoms with Gasteiger partial charge in [-0.3, -0.25) is 5.43 Å². The standard InChI is InChI=1S/C24H21Cl2N3O3S/c1-3-31-22-12-16(14-27-29-24(33)28-18-6-4-5-15(2)11-18)7-10-21(22)32-23(30)19-9-8-17(25)13-20(19)26/h4-14H,3H2,1-2H3,(H2,28,29,33). The molecule has 0 aliphatic heterocycles. The van der Waals surface area contributed by atoms with Gasteiger partial charge in [0, 0.05) is 10.7 Å². The SMILES string of the molecule is CCOc1cc(C=NNC(=S)Nc2cccc(C)c2)ccc1OC(=O)c1ccc(Cl)cc1Cl. The zero-order valence-electron chi connectivity index (χ0n) is 17.9. The molecule has 0 saturated carbocycles. The van der Waals surface area contributed by atoms with Crippen molar-refractivity contribution in [2.75, 3.05) is 11.9 Å². The number of halogens is 2. The van der Waals surface area contributed by atoms with E-state index in [1.165, 1.54) is 12.1 Å². The van der Waals surface area contributed by atoms with E-state index in [0.717, 1.165) is 11.3 Å². The van der Waals surface area contributed by atoms with Crippen molar-refractivity contribution in [3.63, 3.8) is 0 Å². The van der Waals surface area contributed by atoms with Crippen molar-refractivity contribution >= 4 is 58.4 Å². The Hall–Kier alpha value is -3.13. The van der Waals surface area contributed by atoms with E-state index in [4.69, 9.17) is 44.9 Å². The Kier molecular flexibility index (Phi) is 8.65. The van der Waals surface area contributed by atoms with Crippen LogP contribution in [0.3, 0.4) is 0 Å². The molecule has 0 aliphatic rings. The normalized spacial score (nSPS) is 10.7. The molecule has 3 aromatic rings. The maximum atomic E-state index is 12.5. The average Bonchev–Trinajstić information content (AvgIpc) is 2.75. The van der Waals surface area contributed by atoms with Gasteiger partial charge in [0.15, 0.2) is 16.6 Å². The number of nitrogens with one attached hydrogen (secondary N) is 2. The fraction of sp³-hybridized carbons (Fsp3) is 0.125. The Morgan fingerprint density at radius 2 is 1.91 bits per heavy atom. The number of carbonyl (C=O) groups is 1. The highest BCUT2D eigenvalue weighted by Gasteiger charge is 2.16. The summed E-state index contributed by atoms with van der Waals surface area (Å²) in [5.74, 6) is 0.0308. The molecule has 0 unspecified atom stereocenters. The Morgan fingerprint density at radius 1 is 1.09 bits per heavy atom. The number of benzene rings is 3. The van der Waals surface area contributed by atoms with Crippen LogP contribution < -0.4 is 20.2 Å². The Bertz CT molecular complexity index is 1200. The second-order valence-electron chi connectivity index (χ2n) is 6.85. The van der Waals surface area contributed by atoms with E-state index in [9.17, 15) is 4.79 Å². The van der Waals surface area contributed by atoms with Crippen molar-refractivity contribution in [1.82, 2.24) is 5.43 Å². The van der Waals surface area contributed by atoms with Gasteiger partial charge in [0.1, 0.15) is 0 Å². The number of ether oxygens (including phenoxy) is 2. The monoisotopic (exact) mass is 501 g/mol. The zero-order chi connectivity index (χ0) is 23.8. The highest BCUT2D eigenvalue weighted by molar-refractivity contribution is 7.80. The summed E-state index contributed by atoms with van der Waals surface area (Å²) in [5.41, 5.74) is 5.67.